The van der Waals surface area contributed by atoms with E-state index in [0.717, 1.165) is 29.9 Å². The Hall–Kier alpha value is -1.66. The number of hydrogen-bond acceptors (Lipinski definition) is 5. The molecular formula is C12H14ClN5O. The number of rotatable bonds is 5. The lowest BCUT2D eigenvalue weighted by atomic mass is 10.2. The third-order valence-corrected chi connectivity index (χ3v) is 3.43. The lowest BCUT2D eigenvalue weighted by Gasteiger charge is -2.09. The minimum Gasteiger partial charge on any atom is -0.392 e. The van der Waals surface area contributed by atoms with Crippen molar-refractivity contribution in [3.63, 3.8) is 0 Å². The molecule has 19 heavy (non-hydrogen) atoms. The largest absolute Gasteiger partial charge is 0.392 e. The van der Waals surface area contributed by atoms with Crippen LogP contribution in [-0.4, -0.2) is 25.3 Å². The van der Waals surface area contributed by atoms with Crippen LogP contribution >= 0.6 is 11.6 Å². The highest BCUT2D eigenvalue weighted by atomic mass is 35.5. The van der Waals surface area contributed by atoms with Crippen LogP contribution in [0.2, 0.25) is 5.02 Å². The van der Waals surface area contributed by atoms with Gasteiger partial charge < -0.3 is 10.4 Å². The Balaban J connectivity index is 1.73. The van der Waals surface area contributed by atoms with Gasteiger partial charge in [0.05, 0.1) is 29.9 Å². The van der Waals surface area contributed by atoms with Crippen molar-refractivity contribution in [1.82, 2.24) is 20.2 Å². The van der Waals surface area contributed by atoms with Crippen LogP contribution < -0.4 is 5.32 Å². The van der Waals surface area contributed by atoms with Gasteiger partial charge in [0, 0.05) is 0 Å². The van der Waals surface area contributed by atoms with Crippen molar-refractivity contribution in [3.05, 3.63) is 34.6 Å². The van der Waals surface area contributed by atoms with Crippen LogP contribution in [0.5, 0.6) is 0 Å². The molecule has 1 aliphatic rings. The molecule has 6 nitrogen and oxygen atoms in total. The summed E-state index contributed by atoms with van der Waals surface area (Å²) >= 11 is 6.11. The summed E-state index contributed by atoms with van der Waals surface area (Å²) in [6, 6.07) is 5.83. The van der Waals surface area contributed by atoms with Crippen LogP contribution in [0.3, 0.4) is 0 Å². The van der Waals surface area contributed by atoms with E-state index in [-0.39, 0.29) is 6.61 Å². The number of benzene rings is 1. The molecule has 0 bridgehead atoms. The Kier molecular flexibility index (Phi) is 3.35. The SMILES string of the molecule is OCc1ccc(Cl)c(NCc2nnnn2C2CC2)c1. The third kappa shape index (κ3) is 2.69. The monoisotopic (exact) mass is 279 g/mol. The number of aromatic nitrogens is 4. The number of tetrazole rings is 1. The van der Waals surface area contributed by atoms with Gasteiger partial charge in [0.1, 0.15) is 0 Å². The number of aliphatic hydroxyl groups is 1. The summed E-state index contributed by atoms with van der Waals surface area (Å²) < 4.78 is 1.86. The number of nitrogens with zero attached hydrogens (tertiary/aromatic N) is 4. The fraction of sp³-hybridized carbons (Fsp3) is 0.417. The zero-order chi connectivity index (χ0) is 13.2. The van der Waals surface area contributed by atoms with Gasteiger partial charge in [0.25, 0.3) is 0 Å². The Bertz CT molecular complexity index is 581. The Morgan fingerprint density at radius 3 is 3.00 bits per heavy atom. The van der Waals surface area contributed by atoms with E-state index in [0.29, 0.717) is 17.6 Å². The first-order valence-electron chi connectivity index (χ1n) is 6.18. The first-order chi connectivity index (χ1) is 9.28. The molecule has 2 N–H and O–H groups in total. The van der Waals surface area contributed by atoms with Crippen LogP contribution in [-0.2, 0) is 13.2 Å². The van der Waals surface area contributed by atoms with Crippen molar-refractivity contribution >= 4 is 17.3 Å². The van der Waals surface area contributed by atoms with Gasteiger partial charge in [-0.3, -0.25) is 0 Å². The first kappa shape index (κ1) is 12.4. The molecule has 100 valence electrons. The summed E-state index contributed by atoms with van der Waals surface area (Å²) in [7, 11) is 0. The van der Waals surface area contributed by atoms with Crippen LogP contribution in [0.25, 0.3) is 0 Å². The van der Waals surface area contributed by atoms with Gasteiger partial charge in [0.2, 0.25) is 0 Å². The van der Waals surface area contributed by atoms with E-state index in [4.69, 9.17) is 16.7 Å². The molecule has 0 atom stereocenters. The van der Waals surface area contributed by atoms with Crippen LogP contribution in [0.15, 0.2) is 18.2 Å². The quantitative estimate of drug-likeness (QED) is 0.872. The van der Waals surface area contributed by atoms with Crippen LogP contribution in [0, 0.1) is 0 Å². The van der Waals surface area contributed by atoms with Crippen molar-refractivity contribution in [1.29, 1.82) is 0 Å². The van der Waals surface area contributed by atoms with Gasteiger partial charge in [-0.15, -0.1) is 5.10 Å². The van der Waals surface area contributed by atoms with Crippen LogP contribution in [0.1, 0.15) is 30.3 Å². The molecule has 0 spiro atoms. The van der Waals surface area contributed by atoms with Crippen molar-refractivity contribution in [2.45, 2.75) is 32.0 Å². The average Bonchev–Trinajstić information content (AvgIpc) is 3.17. The standard InChI is InChI=1S/C12H14ClN5O/c13-10-4-1-8(7-19)5-11(10)14-6-12-15-16-17-18(12)9-2-3-9/h1,4-5,9,14,19H,2-3,6-7H2. The second kappa shape index (κ2) is 5.14. The van der Waals surface area contributed by atoms with Crippen molar-refractivity contribution in [2.75, 3.05) is 5.32 Å². The highest BCUT2D eigenvalue weighted by Crippen LogP contribution is 2.34. The summed E-state index contributed by atoms with van der Waals surface area (Å²) in [5.41, 5.74) is 1.59. The van der Waals surface area contributed by atoms with E-state index in [9.17, 15) is 0 Å². The summed E-state index contributed by atoms with van der Waals surface area (Å²) in [4.78, 5) is 0. The van der Waals surface area contributed by atoms with Crippen LogP contribution in [0.4, 0.5) is 5.69 Å². The molecule has 1 heterocycles. The number of nitrogens with one attached hydrogen (secondary N) is 1. The highest BCUT2D eigenvalue weighted by molar-refractivity contribution is 6.33. The van der Waals surface area contributed by atoms with Crippen molar-refractivity contribution < 1.29 is 5.11 Å². The molecule has 1 aliphatic carbocycles. The lowest BCUT2D eigenvalue weighted by molar-refractivity contribution is 0.282. The van der Waals surface area contributed by atoms with Gasteiger partial charge in [-0.1, -0.05) is 17.7 Å². The molecule has 0 aliphatic heterocycles. The molecule has 0 radical (unpaired) electrons. The smallest absolute Gasteiger partial charge is 0.170 e. The Morgan fingerprint density at radius 2 is 2.26 bits per heavy atom. The number of aliphatic hydroxyl groups excluding tert-OH is 1. The van der Waals surface area contributed by atoms with Gasteiger partial charge in [0.15, 0.2) is 5.82 Å². The summed E-state index contributed by atoms with van der Waals surface area (Å²) in [5.74, 6) is 0.799. The summed E-state index contributed by atoms with van der Waals surface area (Å²) in [6.07, 6.45) is 2.28. The van der Waals surface area contributed by atoms with E-state index in [1.54, 1.807) is 12.1 Å². The molecule has 0 unspecified atom stereocenters. The van der Waals surface area contributed by atoms with E-state index in [2.05, 4.69) is 20.8 Å². The molecule has 1 fully saturated rings. The van der Waals surface area contributed by atoms with E-state index < -0.39 is 0 Å². The molecule has 0 amide bonds. The fourth-order valence-corrected chi connectivity index (χ4v) is 2.10. The van der Waals surface area contributed by atoms with Crippen molar-refractivity contribution in [3.8, 4) is 0 Å². The Labute approximate surface area is 115 Å². The summed E-state index contributed by atoms with van der Waals surface area (Å²) in [6.45, 7) is 0.504. The topological polar surface area (TPSA) is 75.9 Å². The molecule has 1 aromatic heterocycles. The zero-order valence-electron chi connectivity index (χ0n) is 10.3. The maximum atomic E-state index is 9.12. The first-order valence-corrected chi connectivity index (χ1v) is 6.55. The Morgan fingerprint density at radius 1 is 1.42 bits per heavy atom. The average molecular weight is 280 g/mol. The second-order valence-corrected chi connectivity index (χ2v) is 5.00. The van der Waals surface area contributed by atoms with Crippen molar-refractivity contribution in [2.24, 2.45) is 0 Å². The number of hydrogen-bond donors (Lipinski definition) is 2. The maximum Gasteiger partial charge on any atom is 0.170 e. The molecule has 2 aromatic rings. The fourth-order valence-electron chi connectivity index (χ4n) is 1.91. The molecule has 1 saturated carbocycles. The molecular weight excluding hydrogens is 266 g/mol. The zero-order valence-corrected chi connectivity index (χ0v) is 11.0. The summed E-state index contributed by atoms with van der Waals surface area (Å²) in [5, 5.41) is 24.6. The molecule has 1 aromatic carbocycles. The van der Waals surface area contributed by atoms with E-state index in [1.807, 2.05) is 10.7 Å². The second-order valence-electron chi connectivity index (χ2n) is 4.60. The normalized spacial score (nSPS) is 14.6. The third-order valence-electron chi connectivity index (χ3n) is 3.10. The maximum absolute atomic E-state index is 9.12. The number of anilines is 1. The molecule has 0 saturated heterocycles. The minimum atomic E-state index is -0.00827. The minimum absolute atomic E-state index is 0.00827. The predicted octanol–water partition coefficient (Wildman–Crippen LogP) is 1.77. The van der Waals surface area contributed by atoms with E-state index in [1.165, 1.54) is 0 Å². The number of halogens is 1. The molecule has 3 rings (SSSR count). The van der Waals surface area contributed by atoms with E-state index >= 15 is 0 Å². The predicted molar refractivity (Wildman–Crippen MR) is 70.8 cm³/mol. The highest BCUT2D eigenvalue weighted by Gasteiger charge is 2.27. The van der Waals surface area contributed by atoms with Gasteiger partial charge >= 0.3 is 0 Å². The van der Waals surface area contributed by atoms with Gasteiger partial charge in [-0.2, -0.15) is 0 Å². The van der Waals surface area contributed by atoms with Gasteiger partial charge in [-0.05, 0) is 41.0 Å². The molecule has 7 heteroatoms. The van der Waals surface area contributed by atoms with Gasteiger partial charge in [-0.25, -0.2) is 4.68 Å². The lowest BCUT2D eigenvalue weighted by Crippen LogP contribution is -2.09.